The van der Waals surface area contributed by atoms with E-state index in [1.807, 2.05) is 0 Å². The fourth-order valence-corrected chi connectivity index (χ4v) is 5.73. The zero-order valence-corrected chi connectivity index (χ0v) is 28.2. The standard InChI is InChI=1S/C32H51N5O8S/c1-22-19-28(41)36(31(22)44)16-10-25(38)21-24(30(43)35-15-7-4-3-6-13-34-27(40)12-18-46)9-5-8-14-33-26(39)11-17-37-29(42)20-23(2)32(37)45/h22-24,46H,3-21H2,1-2H3,(H,33,39)(H,34,40)(H,35,43)/t22?,23?,24-/m1/s1. The van der Waals surface area contributed by atoms with Gasteiger partial charge in [-0.1, -0.05) is 33.1 Å². The molecule has 3 N–H and O–H groups in total. The van der Waals surface area contributed by atoms with Gasteiger partial charge in [-0.05, 0) is 31.4 Å². The highest BCUT2D eigenvalue weighted by Crippen LogP contribution is 2.21. The molecule has 2 unspecified atom stereocenters. The van der Waals surface area contributed by atoms with Gasteiger partial charge in [0, 0.05) is 89.0 Å². The first-order valence-corrected chi connectivity index (χ1v) is 17.2. The third-order valence-corrected chi connectivity index (χ3v) is 8.55. The molecule has 0 aromatic carbocycles. The van der Waals surface area contributed by atoms with Crippen molar-refractivity contribution in [1.29, 1.82) is 0 Å². The highest BCUT2D eigenvalue weighted by Gasteiger charge is 2.36. The molecule has 7 amide bonds. The molecule has 14 heteroatoms. The van der Waals surface area contributed by atoms with Crippen LogP contribution in [0.15, 0.2) is 0 Å². The molecule has 0 saturated carbocycles. The minimum absolute atomic E-state index is 0.00459. The maximum absolute atomic E-state index is 13.1. The molecule has 46 heavy (non-hydrogen) atoms. The van der Waals surface area contributed by atoms with Crippen molar-refractivity contribution in [2.45, 2.75) is 97.3 Å². The number of Topliss-reactive ketones (excluding diaryl/α,β-unsaturated/α-hetero) is 1. The smallest absolute Gasteiger partial charge is 0.232 e. The van der Waals surface area contributed by atoms with Gasteiger partial charge < -0.3 is 16.0 Å². The highest BCUT2D eigenvalue weighted by atomic mass is 32.1. The molecule has 2 saturated heterocycles. The number of unbranched alkanes of at least 4 members (excludes halogenated alkanes) is 4. The number of nitrogens with one attached hydrogen (secondary N) is 3. The second kappa shape index (κ2) is 20.8. The molecule has 3 atom stereocenters. The number of nitrogens with zero attached hydrogens (tertiary/aromatic N) is 2. The number of likely N-dealkylation sites (tertiary alicyclic amines) is 2. The van der Waals surface area contributed by atoms with Crippen LogP contribution < -0.4 is 16.0 Å². The summed E-state index contributed by atoms with van der Waals surface area (Å²) in [5, 5.41) is 8.54. The molecule has 2 rings (SSSR count). The molecule has 0 aliphatic carbocycles. The van der Waals surface area contributed by atoms with Gasteiger partial charge in [-0.3, -0.25) is 48.2 Å². The van der Waals surface area contributed by atoms with Crippen LogP contribution in [0.3, 0.4) is 0 Å². The number of imide groups is 2. The molecule has 0 spiro atoms. The van der Waals surface area contributed by atoms with Gasteiger partial charge in [-0.2, -0.15) is 12.6 Å². The number of thiol groups is 1. The summed E-state index contributed by atoms with van der Waals surface area (Å²) in [6.07, 6.45) is 5.67. The van der Waals surface area contributed by atoms with E-state index in [0.717, 1.165) is 35.5 Å². The van der Waals surface area contributed by atoms with Crippen LogP contribution >= 0.6 is 12.6 Å². The largest absolute Gasteiger partial charge is 0.356 e. The lowest BCUT2D eigenvalue weighted by Crippen LogP contribution is -2.35. The Labute approximate surface area is 277 Å². The predicted octanol–water partition coefficient (Wildman–Crippen LogP) is 1.53. The number of hydrogen-bond donors (Lipinski definition) is 4. The van der Waals surface area contributed by atoms with Gasteiger partial charge in [-0.15, -0.1) is 0 Å². The van der Waals surface area contributed by atoms with Crippen LogP contribution in [-0.2, 0) is 38.4 Å². The average molecular weight is 666 g/mol. The molecule has 0 radical (unpaired) electrons. The van der Waals surface area contributed by atoms with E-state index in [1.165, 1.54) is 0 Å². The van der Waals surface area contributed by atoms with Crippen molar-refractivity contribution < 1.29 is 38.4 Å². The highest BCUT2D eigenvalue weighted by molar-refractivity contribution is 7.80. The summed E-state index contributed by atoms with van der Waals surface area (Å²) in [7, 11) is 0. The molecule has 0 aromatic rings. The van der Waals surface area contributed by atoms with E-state index in [9.17, 15) is 38.4 Å². The van der Waals surface area contributed by atoms with Crippen molar-refractivity contribution in [2.75, 3.05) is 38.5 Å². The van der Waals surface area contributed by atoms with Gasteiger partial charge >= 0.3 is 0 Å². The topological polar surface area (TPSA) is 179 Å². The predicted molar refractivity (Wildman–Crippen MR) is 173 cm³/mol. The molecule has 13 nitrogen and oxygen atoms in total. The average Bonchev–Trinajstić information content (AvgIpc) is 3.40. The van der Waals surface area contributed by atoms with E-state index < -0.39 is 5.92 Å². The zero-order chi connectivity index (χ0) is 34.1. The Morgan fingerprint density at radius 3 is 1.67 bits per heavy atom. The Balaban J connectivity index is 1.75. The first kappa shape index (κ1) is 38.9. The lowest BCUT2D eigenvalue weighted by Gasteiger charge is -2.18. The van der Waals surface area contributed by atoms with E-state index in [2.05, 4.69) is 28.6 Å². The van der Waals surface area contributed by atoms with Crippen molar-refractivity contribution >= 4 is 59.8 Å². The minimum Gasteiger partial charge on any atom is -0.356 e. The second-order valence-corrected chi connectivity index (χ2v) is 12.7. The van der Waals surface area contributed by atoms with E-state index >= 15 is 0 Å². The quantitative estimate of drug-likeness (QED) is 0.0721. The van der Waals surface area contributed by atoms with Gasteiger partial charge in [0.2, 0.25) is 41.4 Å². The molecular formula is C32H51N5O8S. The summed E-state index contributed by atoms with van der Waals surface area (Å²) < 4.78 is 0. The molecule has 0 aromatic heterocycles. The Hall–Kier alpha value is -3.29. The van der Waals surface area contributed by atoms with Crippen LogP contribution in [0, 0.1) is 17.8 Å². The van der Waals surface area contributed by atoms with Crippen molar-refractivity contribution in [3.8, 4) is 0 Å². The Bertz CT molecular complexity index is 1120. The molecule has 2 aliphatic rings. The number of carbonyl (C=O) groups is 8. The third-order valence-electron chi connectivity index (χ3n) is 8.33. The van der Waals surface area contributed by atoms with Crippen LogP contribution in [-0.4, -0.2) is 95.4 Å². The van der Waals surface area contributed by atoms with Crippen molar-refractivity contribution in [2.24, 2.45) is 17.8 Å². The Morgan fingerprint density at radius 2 is 1.17 bits per heavy atom. The first-order chi connectivity index (χ1) is 21.9. The van der Waals surface area contributed by atoms with Gasteiger partial charge in [-0.25, -0.2) is 0 Å². The van der Waals surface area contributed by atoms with E-state index in [4.69, 9.17) is 0 Å². The fraction of sp³-hybridized carbons (Fsp3) is 0.750. The molecule has 0 bridgehead atoms. The summed E-state index contributed by atoms with van der Waals surface area (Å²) in [6, 6.07) is 0. The van der Waals surface area contributed by atoms with E-state index in [0.29, 0.717) is 51.1 Å². The fourth-order valence-electron chi connectivity index (χ4n) is 5.53. The summed E-state index contributed by atoms with van der Waals surface area (Å²) in [5.74, 6) is -2.59. The second-order valence-electron chi connectivity index (χ2n) is 12.3. The van der Waals surface area contributed by atoms with Gasteiger partial charge in [0.05, 0.1) is 0 Å². The maximum atomic E-state index is 13.1. The van der Waals surface area contributed by atoms with Crippen LogP contribution in [0.2, 0.25) is 0 Å². The summed E-state index contributed by atoms with van der Waals surface area (Å²) in [4.78, 5) is 100. The van der Waals surface area contributed by atoms with Crippen LogP contribution in [0.4, 0.5) is 0 Å². The maximum Gasteiger partial charge on any atom is 0.232 e. The summed E-state index contributed by atoms with van der Waals surface area (Å²) in [6.45, 7) is 4.86. The summed E-state index contributed by atoms with van der Waals surface area (Å²) >= 11 is 4.04. The molecule has 2 heterocycles. The number of carbonyl (C=O) groups excluding carboxylic acids is 8. The molecular weight excluding hydrogens is 614 g/mol. The van der Waals surface area contributed by atoms with Gasteiger partial charge in [0.25, 0.3) is 0 Å². The number of hydrogen-bond acceptors (Lipinski definition) is 9. The van der Waals surface area contributed by atoms with Crippen molar-refractivity contribution in [3.05, 3.63) is 0 Å². The number of amides is 7. The summed E-state index contributed by atoms with van der Waals surface area (Å²) in [5.41, 5.74) is 0. The minimum atomic E-state index is -0.580. The third kappa shape index (κ3) is 13.6. The van der Waals surface area contributed by atoms with E-state index in [-0.39, 0.29) is 104 Å². The first-order valence-electron chi connectivity index (χ1n) is 16.6. The lowest BCUT2D eigenvalue weighted by atomic mass is 9.94. The monoisotopic (exact) mass is 665 g/mol. The normalized spacial score (nSPS) is 18.7. The Kier molecular flexibility index (Phi) is 17.5. The zero-order valence-electron chi connectivity index (χ0n) is 27.3. The van der Waals surface area contributed by atoms with Crippen LogP contribution in [0.1, 0.15) is 97.3 Å². The van der Waals surface area contributed by atoms with Gasteiger partial charge in [0.15, 0.2) is 0 Å². The van der Waals surface area contributed by atoms with Crippen molar-refractivity contribution in [1.82, 2.24) is 25.8 Å². The van der Waals surface area contributed by atoms with Gasteiger partial charge in [0.1, 0.15) is 5.78 Å². The van der Waals surface area contributed by atoms with E-state index in [1.54, 1.807) is 13.8 Å². The van der Waals surface area contributed by atoms with Crippen LogP contribution in [0.25, 0.3) is 0 Å². The Morgan fingerprint density at radius 1 is 0.696 bits per heavy atom. The van der Waals surface area contributed by atoms with Crippen molar-refractivity contribution in [3.63, 3.8) is 0 Å². The molecule has 2 fully saturated rings. The van der Waals surface area contributed by atoms with Crippen LogP contribution in [0.5, 0.6) is 0 Å². The number of ketones is 1. The SMILES string of the molecule is CC1CC(=O)N(CCC(=O)C[C@@H](CCCCNC(=O)CCN2C(=O)CC(C)C2=O)C(=O)NCCCCCCNC(=O)CCS)C1=O. The lowest BCUT2D eigenvalue weighted by molar-refractivity contribution is -0.141. The number of rotatable bonds is 23. The molecule has 2 aliphatic heterocycles. The molecule has 258 valence electrons.